The Morgan fingerprint density at radius 2 is 1.45 bits per heavy atom. The molecule has 1 fully saturated rings. The number of carbonyl (C=O) groups is 3. The van der Waals surface area contributed by atoms with Gasteiger partial charge in [-0.15, -0.1) is 0 Å². The SMILES string of the molecule is CCOC(=O)CCCOc1cccc(CCCCCCOc2cc(C(=O)C3CCCC3)cc(-c3ccc4c(c3)OCO4)c2)c1CCC(=O)OCC. The van der Waals surface area contributed by atoms with Crippen LogP contribution >= 0.6 is 0 Å². The van der Waals surface area contributed by atoms with Crippen LogP contribution in [0.1, 0.15) is 106 Å². The Bertz CT molecular complexity index is 1610. The van der Waals surface area contributed by atoms with Gasteiger partial charge in [0.25, 0.3) is 0 Å². The quantitative estimate of drug-likeness (QED) is 0.0612. The van der Waals surface area contributed by atoms with Gasteiger partial charge in [0.05, 0.1) is 26.4 Å². The molecule has 0 N–H and O–H groups in total. The lowest BCUT2D eigenvalue weighted by Crippen LogP contribution is -2.11. The summed E-state index contributed by atoms with van der Waals surface area (Å²) >= 11 is 0. The topological polar surface area (TPSA) is 107 Å². The first-order chi connectivity index (χ1) is 24.9. The fourth-order valence-corrected chi connectivity index (χ4v) is 6.81. The Kier molecular flexibility index (Phi) is 14.6. The maximum absolute atomic E-state index is 13.4. The van der Waals surface area contributed by atoms with Crippen molar-refractivity contribution in [2.45, 2.75) is 97.3 Å². The zero-order valence-corrected chi connectivity index (χ0v) is 30.2. The van der Waals surface area contributed by atoms with Gasteiger partial charge in [-0.3, -0.25) is 14.4 Å². The molecule has 9 heteroatoms. The van der Waals surface area contributed by atoms with E-state index in [-0.39, 0.29) is 36.9 Å². The third kappa shape index (κ3) is 11.2. The van der Waals surface area contributed by atoms with Gasteiger partial charge >= 0.3 is 11.9 Å². The highest BCUT2D eigenvalue weighted by Gasteiger charge is 2.25. The molecule has 9 nitrogen and oxygen atoms in total. The third-order valence-electron chi connectivity index (χ3n) is 9.43. The highest BCUT2D eigenvalue weighted by atomic mass is 16.7. The third-order valence-corrected chi connectivity index (χ3v) is 9.43. The first-order valence-electron chi connectivity index (χ1n) is 18.7. The van der Waals surface area contributed by atoms with E-state index in [1.165, 1.54) is 5.56 Å². The largest absolute Gasteiger partial charge is 0.494 e. The van der Waals surface area contributed by atoms with E-state index in [0.29, 0.717) is 62.8 Å². The van der Waals surface area contributed by atoms with Gasteiger partial charge in [0, 0.05) is 24.3 Å². The molecule has 1 saturated carbocycles. The highest BCUT2D eigenvalue weighted by molar-refractivity contribution is 5.99. The summed E-state index contributed by atoms with van der Waals surface area (Å²) in [6.07, 6.45) is 10.5. The summed E-state index contributed by atoms with van der Waals surface area (Å²) in [7, 11) is 0. The predicted octanol–water partition coefficient (Wildman–Crippen LogP) is 8.85. The van der Waals surface area contributed by atoms with Crippen LogP contribution in [0.4, 0.5) is 0 Å². The molecule has 0 atom stereocenters. The summed E-state index contributed by atoms with van der Waals surface area (Å²) in [5.41, 5.74) is 4.78. The summed E-state index contributed by atoms with van der Waals surface area (Å²) in [4.78, 5) is 37.4. The van der Waals surface area contributed by atoms with Crippen LogP contribution in [0.3, 0.4) is 0 Å². The van der Waals surface area contributed by atoms with Crippen molar-refractivity contribution in [2.24, 2.45) is 5.92 Å². The number of unbranched alkanes of at least 4 members (excludes halogenated alkanes) is 3. The van der Waals surface area contributed by atoms with Crippen LogP contribution in [0.2, 0.25) is 0 Å². The predicted molar refractivity (Wildman–Crippen MR) is 195 cm³/mol. The molecule has 0 amide bonds. The Balaban J connectivity index is 1.14. The van der Waals surface area contributed by atoms with Crippen LogP contribution in [-0.4, -0.2) is 50.9 Å². The van der Waals surface area contributed by atoms with Gasteiger partial charge in [0.2, 0.25) is 6.79 Å². The monoisotopic (exact) mass is 700 g/mol. The second-order valence-electron chi connectivity index (χ2n) is 13.1. The molecule has 2 aliphatic rings. The fraction of sp³-hybridized carbons (Fsp3) is 0.500. The van der Waals surface area contributed by atoms with Crippen LogP contribution in [0.15, 0.2) is 54.6 Å². The number of aryl methyl sites for hydroxylation is 1. The van der Waals surface area contributed by atoms with E-state index in [9.17, 15) is 14.4 Å². The zero-order chi connectivity index (χ0) is 35.8. The maximum atomic E-state index is 13.4. The molecule has 274 valence electrons. The van der Waals surface area contributed by atoms with Gasteiger partial charge in [-0.1, -0.05) is 43.9 Å². The second kappa shape index (κ2) is 19.8. The number of benzene rings is 3. The number of hydrogen-bond donors (Lipinski definition) is 0. The average molecular weight is 701 g/mol. The Morgan fingerprint density at radius 3 is 2.25 bits per heavy atom. The smallest absolute Gasteiger partial charge is 0.306 e. The van der Waals surface area contributed by atoms with Gasteiger partial charge in [-0.25, -0.2) is 0 Å². The lowest BCUT2D eigenvalue weighted by Gasteiger charge is -2.16. The van der Waals surface area contributed by atoms with Crippen molar-refractivity contribution in [3.63, 3.8) is 0 Å². The summed E-state index contributed by atoms with van der Waals surface area (Å²) in [6, 6.07) is 17.8. The Morgan fingerprint density at radius 1 is 0.706 bits per heavy atom. The molecule has 1 aliphatic carbocycles. The van der Waals surface area contributed by atoms with E-state index in [2.05, 4.69) is 6.07 Å². The Labute approximate surface area is 301 Å². The van der Waals surface area contributed by atoms with Gasteiger partial charge in [-0.05, 0) is 117 Å². The molecule has 0 aromatic heterocycles. The summed E-state index contributed by atoms with van der Waals surface area (Å²) < 4.78 is 33.7. The Hall–Kier alpha value is -4.53. The minimum absolute atomic E-state index is 0.0825. The molecule has 0 spiro atoms. The van der Waals surface area contributed by atoms with E-state index in [1.807, 2.05) is 55.5 Å². The molecule has 0 unspecified atom stereocenters. The van der Waals surface area contributed by atoms with Crippen molar-refractivity contribution in [3.8, 4) is 34.1 Å². The number of carbonyl (C=O) groups excluding carboxylic acids is 3. The molecule has 1 aliphatic heterocycles. The first kappa shape index (κ1) is 37.7. The molecule has 3 aromatic rings. The van der Waals surface area contributed by atoms with Gasteiger partial charge in [0.15, 0.2) is 17.3 Å². The maximum Gasteiger partial charge on any atom is 0.306 e. The number of rotatable bonds is 21. The molecular formula is C42H52O9. The summed E-state index contributed by atoms with van der Waals surface area (Å²) in [5.74, 6) is 2.73. The number of esters is 2. The zero-order valence-electron chi connectivity index (χ0n) is 30.2. The average Bonchev–Trinajstić information content (AvgIpc) is 3.85. The van der Waals surface area contributed by atoms with Crippen molar-refractivity contribution in [2.75, 3.05) is 33.2 Å². The minimum atomic E-state index is -0.225. The van der Waals surface area contributed by atoms with Crippen LogP contribution in [0.5, 0.6) is 23.0 Å². The molecule has 51 heavy (non-hydrogen) atoms. The minimum Gasteiger partial charge on any atom is -0.494 e. The number of ether oxygens (including phenoxy) is 6. The van der Waals surface area contributed by atoms with Crippen LogP contribution < -0.4 is 18.9 Å². The van der Waals surface area contributed by atoms with Gasteiger partial charge in [-0.2, -0.15) is 0 Å². The number of fused-ring (bicyclic) bond motifs is 1. The van der Waals surface area contributed by atoms with Gasteiger partial charge < -0.3 is 28.4 Å². The lowest BCUT2D eigenvalue weighted by atomic mass is 9.93. The van der Waals surface area contributed by atoms with E-state index in [4.69, 9.17) is 28.4 Å². The number of Topliss-reactive ketones (excluding diaryl/α,β-unsaturated/α-hetero) is 1. The van der Waals surface area contributed by atoms with E-state index in [0.717, 1.165) is 86.0 Å². The first-order valence-corrected chi connectivity index (χ1v) is 18.7. The fourth-order valence-electron chi connectivity index (χ4n) is 6.81. The molecule has 0 bridgehead atoms. The van der Waals surface area contributed by atoms with Crippen LogP contribution in [-0.2, 0) is 31.9 Å². The van der Waals surface area contributed by atoms with Crippen molar-refractivity contribution in [3.05, 3.63) is 71.3 Å². The molecule has 0 radical (unpaired) electrons. The molecule has 1 heterocycles. The second-order valence-corrected chi connectivity index (χ2v) is 13.1. The standard InChI is InChI=1S/C42H52O9/c1-3-46-40(43)18-12-24-49-37-17-11-16-30(36(37)20-22-41(44)47-4-2)13-7-5-6-10-23-48-35-26-33(32-19-21-38-39(28-32)51-29-50-38)25-34(27-35)42(45)31-14-8-9-15-31/h11,16-17,19,21,25-28,31H,3-10,12-15,18,20,22-24,29H2,1-2H3. The number of ketones is 1. The van der Waals surface area contributed by atoms with Crippen molar-refractivity contribution in [1.82, 2.24) is 0 Å². The number of hydrogen-bond acceptors (Lipinski definition) is 9. The van der Waals surface area contributed by atoms with E-state index >= 15 is 0 Å². The summed E-state index contributed by atoms with van der Waals surface area (Å²) in [5, 5.41) is 0. The molecule has 5 rings (SSSR count). The van der Waals surface area contributed by atoms with Crippen molar-refractivity contribution < 1.29 is 42.8 Å². The van der Waals surface area contributed by atoms with Crippen molar-refractivity contribution in [1.29, 1.82) is 0 Å². The van der Waals surface area contributed by atoms with Gasteiger partial charge in [0.1, 0.15) is 11.5 Å². The van der Waals surface area contributed by atoms with E-state index < -0.39 is 0 Å². The van der Waals surface area contributed by atoms with Crippen LogP contribution in [0, 0.1) is 5.92 Å². The van der Waals surface area contributed by atoms with E-state index in [1.54, 1.807) is 6.92 Å². The highest BCUT2D eigenvalue weighted by Crippen LogP contribution is 2.38. The van der Waals surface area contributed by atoms with Crippen molar-refractivity contribution >= 4 is 17.7 Å². The molecule has 0 saturated heterocycles. The van der Waals surface area contributed by atoms with Crippen LogP contribution in [0.25, 0.3) is 11.1 Å². The normalized spacial score (nSPS) is 13.6. The molecule has 3 aromatic carbocycles. The lowest BCUT2D eigenvalue weighted by molar-refractivity contribution is -0.144. The molecular weight excluding hydrogens is 648 g/mol. The summed E-state index contributed by atoms with van der Waals surface area (Å²) in [6.45, 7) is 5.49.